The second-order valence-corrected chi connectivity index (χ2v) is 11.2. The first-order valence-electron chi connectivity index (χ1n) is 11.1. The molecule has 0 aliphatic heterocycles. The minimum Gasteiger partial charge on any atom is -0.301 e. The fraction of sp³-hybridized carbons (Fsp3) is 0.500. The van der Waals surface area contributed by atoms with Crippen molar-refractivity contribution in [1.29, 1.82) is 5.26 Å². The molecule has 31 heavy (non-hydrogen) atoms. The highest BCUT2D eigenvalue weighted by atomic mass is 32.2. The second-order valence-electron chi connectivity index (χ2n) is 8.96. The summed E-state index contributed by atoms with van der Waals surface area (Å²) in [6.07, 6.45) is 7.80. The molecular formula is C24H25N3O2S2. The first-order chi connectivity index (χ1) is 15.1. The summed E-state index contributed by atoms with van der Waals surface area (Å²) in [7, 11) is 0. The molecule has 5 nitrogen and oxygen atoms in total. The van der Waals surface area contributed by atoms with E-state index in [-0.39, 0.29) is 17.7 Å². The summed E-state index contributed by atoms with van der Waals surface area (Å²) in [5.74, 6) is 0.761. The van der Waals surface area contributed by atoms with Crippen molar-refractivity contribution in [3.8, 4) is 6.07 Å². The summed E-state index contributed by atoms with van der Waals surface area (Å²) in [6, 6.07) is 8.59. The molecule has 3 aliphatic carbocycles. The highest BCUT2D eigenvalue weighted by Gasteiger charge is 2.33. The third kappa shape index (κ3) is 5.02. The first kappa shape index (κ1) is 20.7. The number of carbonyl (C=O) groups excluding carboxylic acids is 2. The highest BCUT2D eigenvalue weighted by molar-refractivity contribution is 8.00. The Balaban J connectivity index is 1.41. The van der Waals surface area contributed by atoms with Gasteiger partial charge in [-0.1, -0.05) is 12.1 Å². The average Bonchev–Trinajstić information content (AvgIpc) is 3.69. The van der Waals surface area contributed by atoms with E-state index in [0.717, 1.165) is 17.2 Å². The lowest BCUT2D eigenvalue weighted by Crippen LogP contribution is -2.23. The number of hydrogen-bond donors (Lipinski definition) is 1. The van der Waals surface area contributed by atoms with E-state index in [1.54, 1.807) is 5.38 Å². The van der Waals surface area contributed by atoms with E-state index >= 15 is 0 Å². The summed E-state index contributed by atoms with van der Waals surface area (Å²) in [6.45, 7) is 0. The highest BCUT2D eigenvalue weighted by Crippen LogP contribution is 2.49. The van der Waals surface area contributed by atoms with Crippen molar-refractivity contribution in [3.05, 3.63) is 40.4 Å². The Morgan fingerprint density at radius 1 is 1.29 bits per heavy atom. The van der Waals surface area contributed by atoms with Gasteiger partial charge in [0.2, 0.25) is 5.91 Å². The number of Topliss-reactive ketones (excluding diaryl/α,β-unsaturated/α-hetero) is 1. The van der Waals surface area contributed by atoms with Crippen LogP contribution in [0.1, 0.15) is 80.0 Å². The molecule has 160 valence electrons. The number of nitrogens with zero attached hydrogens (tertiary/aromatic N) is 2. The molecule has 7 heteroatoms. The molecule has 5 rings (SSSR count). The Kier molecular flexibility index (Phi) is 5.85. The Morgan fingerprint density at radius 3 is 2.77 bits per heavy atom. The summed E-state index contributed by atoms with van der Waals surface area (Å²) >= 11 is 3.26. The number of hydrogen-bond acceptors (Lipinski definition) is 6. The molecule has 3 aliphatic rings. The van der Waals surface area contributed by atoms with Crippen LogP contribution < -0.4 is 5.32 Å². The van der Waals surface area contributed by atoms with E-state index < -0.39 is 0 Å². The summed E-state index contributed by atoms with van der Waals surface area (Å²) < 4.78 is 0. The Labute approximate surface area is 190 Å². The zero-order valence-corrected chi connectivity index (χ0v) is 18.9. The standard InChI is InChI=1S/C24H25N3O2S2/c25-12-17-13-30-24(26-17)27-23(29)21(10-14-1-5-18(28)9-14)16-4-8-22(31-19-6-7-19)20(11-16)15-2-3-15/h4,8,11,13-15,19,21H,1-3,5-7,9-10H2,(H,26,27,29)/t14-,21+/m0/s1. The van der Waals surface area contributed by atoms with E-state index in [0.29, 0.717) is 41.8 Å². The Bertz CT molecular complexity index is 1050. The number of nitriles is 1. The maximum atomic E-state index is 13.3. The van der Waals surface area contributed by atoms with Gasteiger partial charge in [0.25, 0.3) is 0 Å². The minimum atomic E-state index is -0.317. The molecular weight excluding hydrogens is 426 g/mol. The zero-order valence-electron chi connectivity index (χ0n) is 17.3. The number of rotatable bonds is 8. The van der Waals surface area contributed by atoms with Gasteiger partial charge >= 0.3 is 0 Å². The Morgan fingerprint density at radius 2 is 2.13 bits per heavy atom. The van der Waals surface area contributed by atoms with Crippen molar-refractivity contribution in [2.45, 2.75) is 73.3 Å². The fourth-order valence-corrected chi connectivity index (χ4v) is 6.24. The quantitative estimate of drug-likeness (QED) is 0.562. The molecule has 0 unspecified atom stereocenters. The van der Waals surface area contributed by atoms with Crippen molar-refractivity contribution in [3.63, 3.8) is 0 Å². The molecule has 1 amide bonds. The molecule has 0 bridgehead atoms. The van der Waals surface area contributed by atoms with Crippen molar-refractivity contribution in [2.75, 3.05) is 5.32 Å². The average molecular weight is 452 g/mol. The van der Waals surface area contributed by atoms with Crippen LogP contribution in [0.3, 0.4) is 0 Å². The monoisotopic (exact) mass is 451 g/mol. The predicted molar refractivity (Wildman–Crippen MR) is 122 cm³/mol. The zero-order chi connectivity index (χ0) is 21.4. The molecule has 0 spiro atoms. The summed E-state index contributed by atoms with van der Waals surface area (Å²) in [5.41, 5.74) is 2.75. The molecule has 2 atom stereocenters. The topological polar surface area (TPSA) is 82.9 Å². The number of carbonyl (C=O) groups is 2. The molecule has 1 N–H and O–H groups in total. The van der Waals surface area contributed by atoms with Gasteiger partial charge in [-0.25, -0.2) is 4.98 Å². The third-order valence-corrected chi connectivity index (χ3v) is 8.54. The van der Waals surface area contributed by atoms with Crippen LogP contribution in [0.5, 0.6) is 0 Å². The van der Waals surface area contributed by atoms with Gasteiger partial charge in [0, 0.05) is 28.4 Å². The smallest absolute Gasteiger partial charge is 0.233 e. The lowest BCUT2D eigenvalue weighted by molar-refractivity contribution is -0.119. The van der Waals surface area contributed by atoms with Gasteiger partial charge in [-0.3, -0.25) is 9.59 Å². The molecule has 2 aromatic rings. The SMILES string of the molecule is N#Cc1csc(NC(=O)[C@H](C[C@H]2CCC(=O)C2)c2ccc(SC3CC3)c(C3CC3)c2)n1. The number of anilines is 1. The number of amides is 1. The van der Waals surface area contributed by atoms with Crippen LogP contribution in [-0.4, -0.2) is 21.9 Å². The van der Waals surface area contributed by atoms with Crippen molar-refractivity contribution < 1.29 is 9.59 Å². The van der Waals surface area contributed by atoms with Crippen LogP contribution in [0.15, 0.2) is 28.5 Å². The van der Waals surface area contributed by atoms with Crippen LogP contribution in [0.4, 0.5) is 5.13 Å². The normalized spacial score (nSPS) is 21.6. The maximum absolute atomic E-state index is 13.3. The number of benzene rings is 1. The van der Waals surface area contributed by atoms with Crippen LogP contribution in [0.2, 0.25) is 0 Å². The van der Waals surface area contributed by atoms with Gasteiger partial charge in [0.05, 0.1) is 5.92 Å². The van der Waals surface area contributed by atoms with Gasteiger partial charge in [0.1, 0.15) is 11.9 Å². The van der Waals surface area contributed by atoms with Gasteiger partial charge in [-0.15, -0.1) is 23.1 Å². The largest absolute Gasteiger partial charge is 0.301 e. The third-order valence-electron chi connectivity index (χ3n) is 6.35. The van der Waals surface area contributed by atoms with Crippen molar-refractivity contribution in [1.82, 2.24) is 4.98 Å². The fourth-order valence-electron chi connectivity index (χ4n) is 4.37. The summed E-state index contributed by atoms with van der Waals surface area (Å²) in [5, 5.41) is 14.8. The van der Waals surface area contributed by atoms with E-state index in [9.17, 15) is 9.59 Å². The van der Waals surface area contributed by atoms with E-state index in [4.69, 9.17) is 5.26 Å². The van der Waals surface area contributed by atoms with Gasteiger partial charge in [0.15, 0.2) is 10.8 Å². The maximum Gasteiger partial charge on any atom is 0.233 e. The molecule has 1 aromatic carbocycles. The lowest BCUT2D eigenvalue weighted by atomic mass is 9.86. The van der Waals surface area contributed by atoms with Crippen LogP contribution in [0.25, 0.3) is 0 Å². The predicted octanol–water partition coefficient (Wildman–Crippen LogP) is 5.63. The number of thioether (sulfide) groups is 1. The molecule has 1 aromatic heterocycles. The molecule has 0 saturated heterocycles. The first-order valence-corrected chi connectivity index (χ1v) is 12.8. The Hall–Kier alpha value is -2.17. The van der Waals surface area contributed by atoms with Crippen LogP contribution in [-0.2, 0) is 9.59 Å². The molecule has 3 fully saturated rings. The van der Waals surface area contributed by atoms with Crippen molar-refractivity contribution >= 4 is 39.9 Å². The summed E-state index contributed by atoms with van der Waals surface area (Å²) in [4.78, 5) is 30.7. The van der Waals surface area contributed by atoms with E-state index in [1.165, 1.54) is 47.5 Å². The number of ketones is 1. The minimum absolute atomic E-state index is 0.0949. The van der Waals surface area contributed by atoms with Crippen LogP contribution >= 0.6 is 23.1 Å². The molecule has 1 heterocycles. The number of aromatic nitrogens is 1. The van der Waals surface area contributed by atoms with Crippen LogP contribution in [0, 0.1) is 17.2 Å². The lowest BCUT2D eigenvalue weighted by Gasteiger charge is -2.21. The second kappa shape index (κ2) is 8.76. The number of thiazole rings is 1. The molecule has 0 radical (unpaired) electrons. The van der Waals surface area contributed by atoms with Gasteiger partial charge in [-0.2, -0.15) is 5.26 Å². The van der Waals surface area contributed by atoms with Crippen molar-refractivity contribution in [2.24, 2.45) is 5.92 Å². The molecule has 3 saturated carbocycles. The van der Waals surface area contributed by atoms with E-state index in [2.05, 4.69) is 28.5 Å². The van der Waals surface area contributed by atoms with E-state index in [1.807, 2.05) is 17.8 Å². The van der Waals surface area contributed by atoms with Gasteiger partial charge < -0.3 is 5.32 Å². The number of nitrogens with one attached hydrogen (secondary N) is 1. The van der Waals surface area contributed by atoms with Gasteiger partial charge in [-0.05, 0) is 67.6 Å².